The Hall–Kier alpha value is -8.46. The van der Waals surface area contributed by atoms with E-state index < -0.39 is 5.56 Å². The molecule has 87 heavy (non-hydrogen) atoms. The van der Waals surface area contributed by atoms with Crippen LogP contribution in [0.5, 0.6) is 23.0 Å². The highest BCUT2D eigenvalue weighted by atomic mass is 35.5. The smallest absolute Gasteiger partial charge is 0.260 e. The zero-order chi connectivity index (χ0) is 60.2. The van der Waals surface area contributed by atoms with E-state index in [9.17, 15) is 40.1 Å². The molecule has 3 aliphatic rings. The van der Waals surface area contributed by atoms with Gasteiger partial charge in [0.15, 0.2) is 0 Å². The second kappa shape index (κ2) is 24.0. The number of H-pyrrole nitrogens is 3. The Morgan fingerprint density at radius 2 is 0.862 bits per heavy atom. The molecule has 7 aromatic heterocycles. The number of aryl methyl sites for hydroxylation is 5. The molecule has 0 saturated carbocycles. The molecule has 0 fully saturated rings. The van der Waals surface area contributed by atoms with Crippen LogP contribution in [0.2, 0.25) is 13.0 Å². The van der Waals surface area contributed by atoms with E-state index in [1.165, 1.54) is 81.9 Å². The highest BCUT2D eigenvalue weighted by Crippen LogP contribution is 2.52. The molecule has 0 saturated heterocycles. The Morgan fingerprint density at radius 1 is 0.425 bits per heavy atom. The predicted molar refractivity (Wildman–Crippen MR) is 354 cm³/mol. The van der Waals surface area contributed by atoms with Crippen LogP contribution in [0.15, 0.2) is 142 Å². The molecule has 12 aromatic rings. The number of aromatic amines is 3. The molecule has 12 nitrogen and oxygen atoms in total. The van der Waals surface area contributed by atoms with E-state index >= 15 is 0 Å². The van der Waals surface area contributed by atoms with Crippen molar-refractivity contribution in [2.24, 2.45) is 0 Å². The lowest BCUT2D eigenvalue weighted by atomic mass is 9.88. The zero-order valence-electron chi connectivity index (χ0n) is 46.4. The number of hydrogen-bond donors (Lipinski definition) is 7. The second-order valence-corrected chi connectivity index (χ2v) is 26.8. The number of thiophene rings is 3. The number of pyridine rings is 4. The van der Waals surface area contributed by atoms with Crippen LogP contribution < -0.4 is 16.7 Å². The number of nitriles is 1. The summed E-state index contributed by atoms with van der Waals surface area (Å²) >= 11 is 23.4. The first-order chi connectivity index (χ1) is 42.3. The summed E-state index contributed by atoms with van der Waals surface area (Å²) in [5.74, 6) is -0.0665. The van der Waals surface area contributed by atoms with Crippen molar-refractivity contribution in [2.75, 3.05) is 0 Å². The molecule has 3 aliphatic carbocycles. The minimum atomic E-state index is -0.412. The van der Waals surface area contributed by atoms with Crippen molar-refractivity contribution >= 4 is 99.5 Å². The van der Waals surface area contributed by atoms with Crippen molar-refractivity contribution in [3.05, 3.63) is 211 Å². The molecule has 0 spiro atoms. The van der Waals surface area contributed by atoms with Crippen molar-refractivity contribution in [1.82, 2.24) is 19.9 Å². The second-order valence-electron chi connectivity index (χ2n) is 21.9. The van der Waals surface area contributed by atoms with Crippen molar-refractivity contribution < 1.29 is 20.4 Å². The number of rotatable bonds is 6. The minimum absolute atomic E-state index is 0.0531. The molecule has 15 rings (SSSR count). The maximum atomic E-state index is 12.8. The van der Waals surface area contributed by atoms with Gasteiger partial charge < -0.3 is 35.4 Å². The number of fused-ring (bicyclic) bond motifs is 6. The number of phenols is 1. The van der Waals surface area contributed by atoms with Crippen molar-refractivity contribution in [2.45, 2.75) is 77.0 Å². The van der Waals surface area contributed by atoms with Crippen LogP contribution in [0.4, 0.5) is 0 Å². The molecule has 18 heteroatoms. The van der Waals surface area contributed by atoms with Gasteiger partial charge in [-0.15, -0.1) is 34.0 Å². The summed E-state index contributed by atoms with van der Waals surface area (Å²) in [5.41, 5.74) is 13.6. The predicted octanol–water partition coefficient (Wildman–Crippen LogP) is 17.5. The van der Waals surface area contributed by atoms with E-state index in [2.05, 4.69) is 56.3 Å². The highest BCUT2D eigenvalue weighted by molar-refractivity contribution is 7.24. The number of benzene rings is 5. The third-order valence-corrected chi connectivity index (χ3v) is 20.7. The van der Waals surface area contributed by atoms with Gasteiger partial charge >= 0.3 is 0 Å². The van der Waals surface area contributed by atoms with Gasteiger partial charge in [-0.25, -0.2) is 0 Å². The fourth-order valence-corrected chi connectivity index (χ4v) is 16.7. The minimum Gasteiger partial charge on any atom is -0.507 e. The van der Waals surface area contributed by atoms with E-state index in [0.29, 0.717) is 77.0 Å². The Bertz CT molecular complexity index is 4960. The molecule has 0 amide bonds. The molecule has 5 aromatic carbocycles. The molecule has 0 radical (unpaired) electrons. The average Bonchev–Trinajstić information content (AvgIpc) is 1.81. The molecule has 0 unspecified atom stereocenters. The summed E-state index contributed by atoms with van der Waals surface area (Å²) in [6.07, 6.45) is 16.3. The summed E-state index contributed by atoms with van der Waals surface area (Å²) in [6.45, 7) is 0. The lowest BCUT2D eigenvalue weighted by molar-refractivity contribution is 0.464. The van der Waals surface area contributed by atoms with Gasteiger partial charge in [0, 0.05) is 40.2 Å². The average molecular weight is 1270 g/mol. The standard InChI is InChI=1S/C24H17ClN2O2S.C23H18ClNO3S.C22H17ClN2O2S/c25-22-18(17-9-8-14-5-1-2-6-15(14)11-17)20-21(28)19(23(29)27-24(20)30-22)16-7-3-4-13(10-16)12-26;24-21-17(15-11-10-12-6-4-5-9-14(12)19(15)26)18-20(27)16(13-7-2-1-3-8-13)22(28)25-23(18)29-21;23-20-16(14-8-7-12-4-1-2-5-13(12)10-14)18-19(26)17(15-6-3-9-24-11-15)21(27)25-22(18)28-20/h3-4,7-11H,1-2,5-6H2,(H2,27,28,29);1-3,7-8,10-11,26H,4-6,9H2,(H2,25,27,28);3,6-11H,1-2,4-5H2,(H2,25,26,27). The van der Waals surface area contributed by atoms with Gasteiger partial charge in [-0.05, 0) is 151 Å². The molecule has 434 valence electrons. The number of aromatic nitrogens is 4. The van der Waals surface area contributed by atoms with Crippen molar-refractivity contribution in [3.63, 3.8) is 0 Å². The molecule has 0 bridgehead atoms. The van der Waals surface area contributed by atoms with E-state index in [1.807, 2.05) is 36.4 Å². The largest absolute Gasteiger partial charge is 0.507 e. The van der Waals surface area contributed by atoms with Crippen LogP contribution in [0.1, 0.15) is 77.5 Å². The Kier molecular flexibility index (Phi) is 15.9. The molecule has 0 aliphatic heterocycles. The van der Waals surface area contributed by atoms with E-state index in [-0.39, 0.29) is 50.8 Å². The summed E-state index contributed by atoms with van der Waals surface area (Å²) in [7, 11) is 0. The quantitative estimate of drug-likeness (QED) is 0.0842. The van der Waals surface area contributed by atoms with Crippen molar-refractivity contribution in [1.29, 1.82) is 5.26 Å². The molecular weight excluding hydrogens is 1210 g/mol. The summed E-state index contributed by atoms with van der Waals surface area (Å²) in [4.78, 5) is 52.3. The first-order valence-electron chi connectivity index (χ1n) is 28.5. The first-order valence-corrected chi connectivity index (χ1v) is 32.1. The first kappa shape index (κ1) is 57.6. The van der Waals surface area contributed by atoms with Gasteiger partial charge in [0.1, 0.15) is 50.5 Å². The van der Waals surface area contributed by atoms with Gasteiger partial charge in [-0.3, -0.25) is 19.4 Å². The molecule has 0 atom stereocenters. The number of nitrogens with one attached hydrogen (secondary N) is 3. The summed E-state index contributed by atoms with van der Waals surface area (Å²) < 4.78 is 1.50. The van der Waals surface area contributed by atoms with Crippen LogP contribution in [0.25, 0.3) is 97.4 Å². The number of phenolic OH excluding ortho intramolecular Hbond substituents is 1. The van der Waals surface area contributed by atoms with Crippen LogP contribution in [-0.2, 0) is 38.5 Å². The number of hydrogen-bond acceptors (Lipinski definition) is 12. The van der Waals surface area contributed by atoms with Crippen LogP contribution in [-0.4, -0.2) is 40.4 Å². The summed E-state index contributed by atoms with van der Waals surface area (Å²) in [6, 6.07) is 37.9. The van der Waals surface area contributed by atoms with Gasteiger partial charge in [-0.1, -0.05) is 132 Å². The topological polar surface area (TPSA) is 216 Å². The fourth-order valence-electron chi connectivity index (χ4n) is 12.6. The summed E-state index contributed by atoms with van der Waals surface area (Å²) in [5, 5.41) is 55.2. The fraction of sp³-hybridized carbons (Fsp3) is 0.174. The lowest BCUT2D eigenvalue weighted by Gasteiger charge is -2.19. The normalized spacial score (nSPS) is 13.4. The van der Waals surface area contributed by atoms with E-state index in [0.717, 1.165) is 84.7 Å². The third kappa shape index (κ3) is 10.7. The van der Waals surface area contributed by atoms with E-state index in [4.69, 9.17) is 34.8 Å². The van der Waals surface area contributed by atoms with Gasteiger partial charge in [-0.2, -0.15) is 5.26 Å². The zero-order valence-corrected chi connectivity index (χ0v) is 51.1. The SMILES string of the molecule is N#Cc1cccc(-c2c(O)c3c(-c4ccc5c(c4)CCCC5)c(Cl)sc3[nH]c2=O)c1.O=c1[nH]c2sc(Cl)c(-c3ccc4c(c3)CCCC4)c2c(O)c1-c1cccnc1.O=c1[nH]c2sc(Cl)c(-c3ccc4c(c3O)CCCC4)c2c(O)c1-c1ccccc1. The third-order valence-electron chi connectivity index (χ3n) is 16.7. The molecular formula is C69H52Cl3N5O7S3. The number of aromatic hydroxyl groups is 4. The monoisotopic (exact) mass is 1260 g/mol. The number of halogens is 3. The van der Waals surface area contributed by atoms with Gasteiger partial charge in [0.2, 0.25) is 0 Å². The van der Waals surface area contributed by atoms with Gasteiger partial charge in [0.25, 0.3) is 16.7 Å². The lowest BCUT2D eigenvalue weighted by Crippen LogP contribution is -2.08. The van der Waals surface area contributed by atoms with Crippen LogP contribution in [0, 0.1) is 11.3 Å². The maximum absolute atomic E-state index is 12.8. The van der Waals surface area contributed by atoms with Crippen LogP contribution >= 0.6 is 68.8 Å². The van der Waals surface area contributed by atoms with Gasteiger partial charge in [0.05, 0.1) is 44.5 Å². The molecule has 7 heterocycles. The Balaban J connectivity index is 0.000000121. The number of nitrogens with zero attached hydrogens (tertiary/aromatic N) is 2. The van der Waals surface area contributed by atoms with Crippen molar-refractivity contribution in [3.8, 4) is 95.8 Å². The maximum Gasteiger partial charge on any atom is 0.260 e. The highest BCUT2D eigenvalue weighted by Gasteiger charge is 2.28. The Labute approximate surface area is 524 Å². The van der Waals surface area contributed by atoms with E-state index in [1.54, 1.807) is 60.9 Å². The molecule has 7 N–H and O–H groups in total. The Morgan fingerprint density at radius 3 is 1.39 bits per heavy atom. The van der Waals surface area contributed by atoms with Crippen LogP contribution in [0.3, 0.4) is 0 Å².